The fraction of sp³-hybridized carbons (Fsp3) is 0.368. The lowest BCUT2D eigenvalue weighted by atomic mass is 9.94. The van der Waals surface area contributed by atoms with E-state index >= 15 is 0 Å². The fourth-order valence-corrected chi connectivity index (χ4v) is 3.06. The Labute approximate surface area is 149 Å². The Hall–Kier alpha value is -2.41. The van der Waals surface area contributed by atoms with Crippen molar-refractivity contribution in [1.29, 1.82) is 0 Å². The third-order valence-corrected chi connectivity index (χ3v) is 4.38. The van der Waals surface area contributed by atoms with Gasteiger partial charge in [-0.1, -0.05) is 6.07 Å². The van der Waals surface area contributed by atoms with Crippen molar-refractivity contribution in [3.63, 3.8) is 0 Å². The maximum atomic E-state index is 12.8. The second-order valence-corrected chi connectivity index (χ2v) is 6.00. The molecule has 1 atom stereocenters. The van der Waals surface area contributed by atoms with Gasteiger partial charge < -0.3 is 19.5 Å². The number of hydrogen-bond acceptors (Lipinski definition) is 4. The maximum Gasteiger partial charge on any atom is 0.416 e. The fourth-order valence-electron chi connectivity index (χ4n) is 3.06. The molecule has 0 spiro atoms. The summed E-state index contributed by atoms with van der Waals surface area (Å²) in [4.78, 5) is 0. The van der Waals surface area contributed by atoms with Gasteiger partial charge in [0.2, 0.25) is 0 Å². The summed E-state index contributed by atoms with van der Waals surface area (Å²) in [6, 6.07) is 8.58. The van der Waals surface area contributed by atoms with Gasteiger partial charge in [-0.15, -0.1) is 0 Å². The number of nitrogens with one attached hydrogen (secondary N) is 1. The Balaban J connectivity index is 1.79. The lowest BCUT2D eigenvalue weighted by Gasteiger charge is -2.28. The van der Waals surface area contributed by atoms with Gasteiger partial charge in [0.25, 0.3) is 0 Å². The first kappa shape index (κ1) is 18.4. The predicted octanol–water partition coefficient (Wildman–Crippen LogP) is 3.99. The molecule has 1 heterocycles. The number of methoxy groups -OCH3 is 2. The Bertz CT molecular complexity index is 777. The average Bonchev–Trinajstić information content (AvgIpc) is 2.64. The van der Waals surface area contributed by atoms with Crippen molar-refractivity contribution in [2.75, 3.05) is 27.4 Å². The molecule has 0 bridgehead atoms. The molecular weight excluding hydrogens is 347 g/mol. The molecule has 0 unspecified atom stereocenters. The summed E-state index contributed by atoms with van der Waals surface area (Å²) >= 11 is 0. The van der Waals surface area contributed by atoms with Crippen LogP contribution in [0.15, 0.2) is 36.4 Å². The zero-order valence-electron chi connectivity index (χ0n) is 14.5. The van der Waals surface area contributed by atoms with E-state index in [0.29, 0.717) is 11.5 Å². The molecule has 0 amide bonds. The molecule has 1 N–H and O–H groups in total. The van der Waals surface area contributed by atoms with Crippen molar-refractivity contribution in [2.24, 2.45) is 0 Å². The minimum Gasteiger partial charge on any atom is -0.493 e. The van der Waals surface area contributed by atoms with Gasteiger partial charge in [0.1, 0.15) is 12.4 Å². The zero-order valence-corrected chi connectivity index (χ0v) is 14.5. The smallest absolute Gasteiger partial charge is 0.416 e. The molecule has 0 saturated heterocycles. The number of ether oxygens (including phenoxy) is 3. The Kier molecular flexibility index (Phi) is 5.27. The first-order chi connectivity index (χ1) is 12.4. The quantitative estimate of drug-likeness (QED) is 0.868. The van der Waals surface area contributed by atoms with Crippen LogP contribution in [-0.2, 0) is 12.6 Å². The number of alkyl halides is 3. The van der Waals surface area contributed by atoms with Crippen molar-refractivity contribution in [3.05, 3.63) is 53.1 Å². The predicted molar refractivity (Wildman–Crippen MR) is 90.9 cm³/mol. The summed E-state index contributed by atoms with van der Waals surface area (Å²) in [5.41, 5.74) is 1.39. The first-order valence-corrected chi connectivity index (χ1v) is 8.20. The van der Waals surface area contributed by atoms with Crippen molar-refractivity contribution in [3.8, 4) is 17.2 Å². The molecule has 1 aliphatic heterocycles. The Morgan fingerprint density at radius 3 is 2.50 bits per heavy atom. The van der Waals surface area contributed by atoms with Gasteiger partial charge in [-0.3, -0.25) is 0 Å². The van der Waals surface area contributed by atoms with Crippen LogP contribution in [0.1, 0.15) is 22.7 Å². The molecule has 0 saturated carbocycles. The van der Waals surface area contributed by atoms with Crippen LogP contribution in [0, 0.1) is 0 Å². The molecule has 0 radical (unpaired) electrons. The van der Waals surface area contributed by atoms with Crippen molar-refractivity contribution >= 4 is 0 Å². The van der Waals surface area contributed by atoms with E-state index < -0.39 is 11.7 Å². The highest BCUT2D eigenvalue weighted by Gasteiger charge is 2.31. The van der Waals surface area contributed by atoms with E-state index in [4.69, 9.17) is 14.2 Å². The van der Waals surface area contributed by atoms with Crippen LogP contribution >= 0.6 is 0 Å². The molecule has 2 aromatic carbocycles. The van der Waals surface area contributed by atoms with Crippen LogP contribution in [0.25, 0.3) is 0 Å². The number of hydrogen-bond donors (Lipinski definition) is 1. The second kappa shape index (κ2) is 7.45. The molecule has 0 aromatic heterocycles. The van der Waals surface area contributed by atoms with Gasteiger partial charge in [-0.2, -0.15) is 13.2 Å². The standard InChI is InChI=1S/C19H20F3NO3/c1-24-17-8-12-6-7-23-16(15(12)10-18(17)25-2)11-26-14-5-3-4-13(9-14)19(20,21)22/h3-5,8-10,16,23H,6-7,11H2,1-2H3/t16-/m0/s1. The first-order valence-electron chi connectivity index (χ1n) is 8.20. The third kappa shape index (κ3) is 3.88. The molecule has 140 valence electrons. The van der Waals surface area contributed by atoms with E-state index in [-0.39, 0.29) is 18.4 Å². The molecule has 7 heteroatoms. The summed E-state index contributed by atoms with van der Waals surface area (Å²) in [6.45, 7) is 0.961. The summed E-state index contributed by atoms with van der Waals surface area (Å²) in [7, 11) is 3.15. The van der Waals surface area contributed by atoms with Crippen LogP contribution < -0.4 is 19.5 Å². The molecule has 2 aromatic rings. The summed E-state index contributed by atoms with van der Waals surface area (Å²) in [5.74, 6) is 1.46. The second-order valence-electron chi connectivity index (χ2n) is 6.00. The van der Waals surface area contributed by atoms with Crippen LogP contribution in [0.2, 0.25) is 0 Å². The summed E-state index contributed by atoms with van der Waals surface area (Å²) in [5, 5.41) is 3.34. The van der Waals surface area contributed by atoms with Crippen LogP contribution in [0.5, 0.6) is 17.2 Å². The van der Waals surface area contributed by atoms with Gasteiger partial charge in [0, 0.05) is 0 Å². The molecule has 0 aliphatic carbocycles. The van der Waals surface area contributed by atoms with Gasteiger partial charge in [0.15, 0.2) is 11.5 Å². The number of halogens is 3. The van der Waals surface area contributed by atoms with E-state index in [1.165, 1.54) is 12.1 Å². The van der Waals surface area contributed by atoms with E-state index in [1.807, 2.05) is 12.1 Å². The Morgan fingerprint density at radius 2 is 1.81 bits per heavy atom. The molecular formula is C19H20F3NO3. The van der Waals surface area contributed by atoms with Crippen LogP contribution in [-0.4, -0.2) is 27.4 Å². The molecule has 4 nitrogen and oxygen atoms in total. The van der Waals surface area contributed by atoms with Crippen molar-refractivity contribution in [2.45, 2.75) is 18.6 Å². The van der Waals surface area contributed by atoms with Gasteiger partial charge in [-0.05, 0) is 54.4 Å². The summed E-state index contributed by atoms with van der Waals surface area (Å²) < 4.78 is 54.8. The molecule has 1 aliphatic rings. The van der Waals surface area contributed by atoms with E-state index in [0.717, 1.165) is 36.2 Å². The van der Waals surface area contributed by atoms with Gasteiger partial charge in [-0.25, -0.2) is 0 Å². The van der Waals surface area contributed by atoms with Gasteiger partial charge in [0.05, 0.1) is 25.8 Å². The lowest BCUT2D eigenvalue weighted by molar-refractivity contribution is -0.137. The Morgan fingerprint density at radius 1 is 1.08 bits per heavy atom. The molecule has 3 rings (SSSR count). The van der Waals surface area contributed by atoms with Crippen LogP contribution in [0.4, 0.5) is 13.2 Å². The minimum absolute atomic E-state index is 0.145. The SMILES string of the molecule is COc1cc2c(cc1OC)[C@H](COc1cccc(C(F)(F)F)c1)NCC2. The largest absolute Gasteiger partial charge is 0.493 e. The topological polar surface area (TPSA) is 39.7 Å². The monoisotopic (exact) mass is 367 g/mol. The van der Waals surface area contributed by atoms with Crippen molar-refractivity contribution < 1.29 is 27.4 Å². The number of fused-ring (bicyclic) bond motifs is 1. The molecule has 26 heavy (non-hydrogen) atoms. The zero-order chi connectivity index (χ0) is 18.7. The number of rotatable bonds is 5. The highest BCUT2D eigenvalue weighted by Crippen LogP contribution is 2.36. The highest BCUT2D eigenvalue weighted by molar-refractivity contribution is 5.49. The highest BCUT2D eigenvalue weighted by atomic mass is 19.4. The summed E-state index contributed by atoms with van der Waals surface area (Å²) in [6.07, 6.45) is -3.56. The van der Waals surface area contributed by atoms with Crippen LogP contribution in [0.3, 0.4) is 0 Å². The normalized spacial score (nSPS) is 16.7. The maximum absolute atomic E-state index is 12.8. The van der Waals surface area contributed by atoms with E-state index in [1.54, 1.807) is 14.2 Å². The van der Waals surface area contributed by atoms with Gasteiger partial charge >= 0.3 is 6.18 Å². The number of benzene rings is 2. The lowest BCUT2D eigenvalue weighted by Crippen LogP contribution is -2.33. The van der Waals surface area contributed by atoms with E-state index in [9.17, 15) is 13.2 Å². The average molecular weight is 367 g/mol. The third-order valence-electron chi connectivity index (χ3n) is 4.38. The minimum atomic E-state index is -4.39. The van der Waals surface area contributed by atoms with E-state index in [2.05, 4.69) is 5.32 Å². The molecule has 0 fully saturated rings. The van der Waals surface area contributed by atoms with Crippen molar-refractivity contribution in [1.82, 2.24) is 5.32 Å².